The highest BCUT2D eigenvalue weighted by atomic mass is 79.9. The highest BCUT2D eigenvalue weighted by molar-refractivity contribution is 9.10. The van der Waals surface area contributed by atoms with Crippen molar-refractivity contribution in [1.82, 2.24) is 5.32 Å². The van der Waals surface area contributed by atoms with Crippen LogP contribution in [0.15, 0.2) is 15.9 Å². The molecule has 1 fully saturated rings. The van der Waals surface area contributed by atoms with Crippen LogP contribution >= 0.6 is 27.3 Å². The molecule has 1 aliphatic rings. The molecule has 2 rings (SSSR count). The minimum absolute atomic E-state index is 0.626. The first-order valence-corrected chi connectivity index (χ1v) is 7.06. The zero-order chi connectivity index (χ0) is 10.5. The van der Waals surface area contributed by atoms with Crippen LogP contribution in [0.5, 0.6) is 0 Å². The van der Waals surface area contributed by atoms with Crippen molar-refractivity contribution in [2.45, 2.75) is 31.8 Å². The molecule has 0 amide bonds. The van der Waals surface area contributed by atoms with Crippen LogP contribution < -0.4 is 5.32 Å². The van der Waals surface area contributed by atoms with E-state index in [-0.39, 0.29) is 0 Å². The SMILES string of the molecule is Brc1ccsc1CNC1CCCOCC1. The maximum absolute atomic E-state index is 5.44. The fourth-order valence-corrected chi connectivity index (χ4v) is 3.24. The van der Waals surface area contributed by atoms with Gasteiger partial charge in [-0.05, 0) is 46.6 Å². The molecule has 1 aliphatic heterocycles. The number of ether oxygens (including phenoxy) is 1. The molecule has 2 nitrogen and oxygen atoms in total. The topological polar surface area (TPSA) is 21.3 Å². The highest BCUT2D eigenvalue weighted by Crippen LogP contribution is 2.22. The summed E-state index contributed by atoms with van der Waals surface area (Å²) in [5, 5.41) is 5.73. The van der Waals surface area contributed by atoms with Crippen molar-refractivity contribution in [3.63, 3.8) is 0 Å². The van der Waals surface area contributed by atoms with Crippen LogP contribution in [-0.4, -0.2) is 19.3 Å². The van der Waals surface area contributed by atoms with E-state index in [9.17, 15) is 0 Å². The van der Waals surface area contributed by atoms with E-state index >= 15 is 0 Å². The van der Waals surface area contributed by atoms with Gasteiger partial charge in [0.25, 0.3) is 0 Å². The summed E-state index contributed by atoms with van der Waals surface area (Å²) >= 11 is 5.36. The second-order valence-electron chi connectivity index (χ2n) is 3.81. The summed E-state index contributed by atoms with van der Waals surface area (Å²) in [6, 6.07) is 2.74. The lowest BCUT2D eigenvalue weighted by Gasteiger charge is -2.14. The fraction of sp³-hybridized carbons (Fsp3) is 0.636. The first-order valence-electron chi connectivity index (χ1n) is 5.39. The van der Waals surface area contributed by atoms with Crippen molar-refractivity contribution in [3.8, 4) is 0 Å². The van der Waals surface area contributed by atoms with Gasteiger partial charge < -0.3 is 10.1 Å². The number of nitrogens with one attached hydrogen (secondary N) is 1. The predicted octanol–water partition coefficient (Wildman–Crippen LogP) is 3.17. The normalized spacial score (nSPS) is 22.6. The minimum Gasteiger partial charge on any atom is -0.381 e. The molecule has 0 spiro atoms. The third-order valence-electron chi connectivity index (χ3n) is 2.69. The molecule has 1 aromatic heterocycles. The van der Waals surface area contributed by atoms with Gasteiger partial charge in [0.2, 0.25) is 0 Å². The van der Waals surface area contributed by atoms with Crippen LogP contribution in [0, 0.1) is 0 Å². The van der Waals surface area contributed by atoms with Crippen LogP contribution in [0.2, 0.25) is 0 Å². The Balaban J connectivity index is 1.79. The lowest BCUT2D eigenvalue weighted by atomic mass is 10.1. The summed E-state index contributed by atoms with van der Waals surface area (Å²) in [6.45, 7) is 2.81. The Hall–Kier alpha value is 0.1000. The van der Waals surface area contributed by atoms with Crippen LogP contribution in [0.3, 0.4) is 0 Å². The van der Waals surface area contributed by atoms with E-state index < -0.39 is 0 Å². The van der Waals surface area contributed by atoms with Crippen molar-refractivity contribution in [2.75, 3.05) is 13.2 Å². The molecule has 0 aromatic carbocycles. The summed E-state index contributed by atoms with van der Waals surface area (Å²) in [7, 11) is 0. The van der Waals surface area contributed by atoms with Crippen LogP contribution in [0.25, 0.3) is 0 Å². The van der Waals surface area contributed by atoms with E-state index in [0.29, 0.717) is 6.04 Å². The molecule has 1 aromatic rings. The van der Waals surface area contributed by atoms with Crippen LogP contribution in [-0.2, 0) is 11.3 Å². The average Bonchev–Trinajstić information content (AvgIpc) is 2.53. The zero-order valence-corrected chi connectivity index (χ0v) is 11.1. The van der Waals surface area contributed by atoms with Crippen molar-refractivity contribution in [2.24, 2.45) is 0 Å². The number of halogens is 1. The van der Waals surface area contributed by atoms with Gasteiger partial charge in [-0.25, -0.2) is 0 Å². The van der Waals surface area contributed by atoms with E-state index in [1.807, 2.05) is 0 Å². The number of hydrogen-bond acceptors (Lipinski definition) is 3. The number of rotatable bonds is 3. The maximum Gasteiger partial charge on any atom is 0.0480 e. The van der Waals surface area contributed by atoms with Gasteiger partial charge in [-0.2, -0.15) is 0 Å². The third kappa shape index (κ3) is 3.55. The van der Waals surface area contributed by atoms with Gasteiger partial charge in [0.05, 0.1) is 0 Å². The third-order valence-corrected chi connectivity index (χ3v) is 4.62. The standard InChI is InChI=1S/C11H16BrNOS/c12-10-4-7-15-11(10)8-13-9-2-1-5-14-6-3-9/h4,7,9,13H,1-3,5-6,8H2. The molecule has 1 unspecified atom stereocenters. The molecule has 0 radical (unpaired) electrons. The first-order chi connectivity index (χ1) is 7.36. The first kappa shape index (κ1) is 11.6. The van der Waals surface area contributed by atoms with Gasteiger partial charge in [0, 0.05) is 35.2 Å². The Morgan fingerprint density at radius 2 is 2.40 bits per heavy atom. The molecule has 0 aliphatic carbocycles. The molecule has 2 heterocycles. The molecule has 1 saturated heterocycles. The van der Waals surface area contributed by atoms with Gasteiger partial charge in [-0.15, -0.1) is 11.3 Å². The number of thiophene rings is 1. The summed E-state index contributed by atoms with van der Waals surface area (Å²) in [6.07, 6.45) is 3.56. The summed E-state index contributed by atoms with van der Waals surface area (Å²) in [5.41, 5.74) is 0. The zero-order valence-electron chi connectivity index (χ0n) is 8.67. The van der Waals surface area contributed by atoms with E-state index in [2.05, 4.69) is 32.7 Å². The van der Waals surface area contributed by atoms with Gasteiger partial charge in [0.15, 0.2) is 0 Å². The smallest absolute Gasteiger partial charge is 0.0480 e. The molecule has 15 heavy (non-hydrogen) atoms. The molecular formula is C11H16BrNOS. The fourth-order valence-electron chi connectivity index (χ4n) is 1.80. The lowest BCUT2D eigenvalue weighted by molar-refractivity contribution is 0.142. The molecule has 4 heteroatoms. The van der Waals surface area contributed by atoms with Crippen molar-refractivity contribution < 1.29 is 4.74 Å². The second kappa shape index (κ2) is 5.99. The van der Waals surface area contributed by atoms with E-state index in [0.717, 1.165) is 26.2 Å². The Bertz CT molecular complexity index is 295. The van der Waals surface area contributed by atoms with Crippen LogP contribution in [0.4, 0.5) is 0 Å². The summed E-state index contributed by atoms with van der Waals surface area (Å²) < 4.78 is 6.67. The summed E-state index contributed by atoms with van der Waals surface area (Å²) in [4.78, 5) is 1.39. The quantitative estimate of drug-likeness (QED) is 0.923. The molecular weight excluding hydrogens is 274 g/mol. The Morgan fingerprint density at radius 1 is 1.47 bits per heavy atom. The largest absolute Gasteiger partial charge is 0.381 e. The highest BCUT2D eigenvalue weighted by Gasteiger charge is 2.12. The van der Waals surface area contributed by atoms with Gasteiger partial charge >= 0.3 is 0 Å². The molecule has 84 valence electrons. The van der Waals surface area contributed by atoms with E-state index in [1.54, 1.807) is 11.3 Å². The van der Waals surface area contributed by atoms with Crippen molar-refractivity contribution in [1.29, 1.82) is 0 Å². The monoisotopic (exact) mass is 289 g/mol. The summed E-state index contributed by atoms with van der Waals surface area (Å²) in [5.74, 6) is 0. The predicted molar refractivity (Wildman–Crippen MR) is 67.3 cm³/mol. The van der Waals surface area contributed by atoms with E-state index in [1.165, 1.54) is 22.2 Å². The molecule has 1 atom stereocenters. The van der Waals surface area contributed by atoms with E-state index in [4.69, 9.17) is 4.74 Å². The number of hydrogen-bond donors (Lipinski definition) is 1. The molecule has 0 saturated carbocycles. The molecule has 0 bridgehead atoms. The van der Waals surface area contributed by atoms with Gasteiger partial charge in [0.1, 0.15) is 0 Å². The lowest BCUT2D eigenvalue weighted by Crippen LogP contribution is -2.28. The van der Waals surface area contributed by atoms with Gasteiger partial charge in [-0.3, -0.25) is 0 Å². The molecule has 1 N–H and O–H groups in total. The van der Waals surface area contributed by atoms with Crippen LogP contribution in [0.1, 0.15) is 24.1 Å². The average molecular weight is 290 g/mol. The minimum atomic E-state index is 0.626. The van der Waals surface area contributed by atoms with Crippen molar-refractivity contribution in [3.05, 3.63) is 20.8 Å². The Kier molecular flexibility index (Phi) is 4.62. The maximum atomic E-state index is 5.44. The van der Waals surface area contributed by atoms with Gasteiger partial charge in [-0.1, -0.05) is 0 Å². The second-order valence-corrected chi connectivity index (χ2v) is 5.67. The Morgan fingerprint density at radius 3 is 3.20 bits per heavy atom. The Labute approximate surface area is 103 Å². The van der Waals surface area contributed by atoms with Crippen molar-refractivity contribution >= 4 is 27.3 Å².